The number of anilines is 1. The van der Waals surface area contributed by atoms with Crippen molar-refractivity contribution in [1.29, 1.82) is 0 Å². The van der Waals surface area contributed by atoms with E-state index in [0.29, 0.717) is 12.2 Å². The second kappa shape index (κ2) is 8.39. The third-order valence-electron chi connectivity index (χ3n) is 3.22. The molecule has 0 spiro atoms. The Morgan fingerprint density at radius 1 is 1.33 bits per heavy atom. The van der Waals surface area contributed by atoms with E-state index in [2.05, 4.69) is 5.32 Å². The normalized spacial score (nSPS) is 12.2. The Balaban J connectivity index is 2.53. The summed E-state index contributed by atoms with van der Waals surface area (Å²) < 4.78 is 0. The molecule has 1 atom stereocenters. The van der Waals surface area contributed by atoms with E-state index in [9.17, 15) is 14.7 Å². The van der Waals surface area contributed by atoms with Gasteiger partial charge in [-0.05, 0) is 18.6 Å². The number of aryl methyl sites for hydroxylation is 1. The van der Waals surface area contributed by atoms with E-state index in [-0.39, 0.29) is 12.3 Å². The first-order valence-corrected chi connectivity index (χ1v) is 7.09. The van der Waals surface area contributed by atoms with E-state index in [1.54, 1.807) is 11.4 Å². The second-order valence-corrected chi connectivity index (χ2v) is 5.47. The molecule has 0 saturated carbocycles. The molecule has 1 aromatic carbocycles. The van der Waals surface area contributed by atoms with Gasteiger partial charge in [0.2, 0.25) is 5.91 Å². The minimum atomic E-state index is -1.20. The zero-order chi connectivity index (χ0) is 15.8. The molecule has 0 aliphatic carbocycles. The van der Waals surface area contributed by atoms with Crippen molar-refractivity contribution in [2.24, 2.45) is 0 Å². The van der Waals surface area contributed by atoms with Crippen LogP contribution in [0.25, 0.3) is 0 Å². The molecule has 4 N–H and O–H groups in total. The standard InChI is InChI=1S/C15H23N3O3/c1-11-6-4-5-7-12(11)17-14(19)10-13(15(20)21)16-8-9-18(2)3/h4-7,13,16H,8-10H2,1-3H3,(H,17,19)(H,20,21)/p+1/t13-/m0/s1. The number of carbonyl (C=O) groups excluding carboxylic acids is 2. The maximum absolute atomic E-state index is 11.9. The van der Waals surface area contributed by atoms with Crippen LogP contribution in [-0.4, -0.2) is 45.1 Å². The molecule has 6 heteroatoms. The fraction of sp³-hybridized carbons (Fsp3) is 0.467. The van der Waals surface area contributed by atoms with E-state index in [1.165, 1.54) is 4.90 Å². The minimum Gasteiger partial charge on any atom is -0.544 e. The molecule has 0 fully saturated rings. The molecule has 0 aromatic heterocycles. The van der Waals surface area contributed by atoms with Gasteiger partial charge in [0.25, 0.3) is 0 Å². The van der Waals surface area contributed by atoms with Gasteiger partial charge in [0.1, 0.15) is 19.1 Å². The van der Waals surface area contributed by atoms with Crippen LogP contribution in [0.15, 0.2) is 24.3 Å². The van der Waals surface area contributed by atoms with Crippen molar-refractivity contribution in [1.82, 2.24) is 0 Å². The molecule has 0 aliphatic rings. The van der Waals surface area contributed by atoms with Gasteiger partial charge in [-0.1, -0.05) is 18.2 Å². The summed E-state index contributed by atoms with van der Waals surface area (Å²) in [6.07, 6.45) is -0.0978. The minimum absolute atomic E-state index is 0.0978. The van der Waals surface area contributed by atoms with Crippen LogP contribution in [-0.2, 0) is 9.59 Å². The van der Waals surface area contributed by atoms with Crippen molar-refractivity contribution in [3.8, 4) is 0 Å². The third-order valence-corrected chi connectivity index (χ3v) is 3.22. The highest BCUT2D eigenvalue weighted by molar-refractivity contribution is 5.93. The van der Waals surface area contributed by atoms with Crippen LogP contribution in [0.4, 0.5) is 5.69 Å². The number of carbonyl (C=O) groups is 2. The lowest BCUT2D eigenvalue weighted by Gasteiger charge is -2.17. The Hall–Kier alpha value is -1.92. The summed E-state index contributed by atoms with van der Waals surface area (Å²) in [7, 11) is 3.99. The van der Waals surface area contributed by atoms with Crippen LogP contribution in [0.1, 0.15) is 12.0 Å². The van der Waals surface area contributed by atoms with Gasteiger partial charge in [0.15, 0.2) is 0 Å². The molecule has 0 saturated heterocycles. The van der Waals surface area contributed by atoms with E-state index in [4.69, 9.17) is 0 Å². The highest BCUT2D eigenvalue weighted by Crippen LogP contribution is 2.13. The van der Waals surface area contributed by atoms with Gasteiger partial charge in [-0.3, -0.25) is 4.79 Å². The molecule has 0 aliphatic heterocycles. The van der Waals surface area contributed by atoms with Crippen molar-refractivity contribution in [2.75, 3.05) is 32.5 Å². The summed E-state index contributed by atoms with van der Waals surface area (Å²) in [5.41, 5.74) is 1.65. The van der Waals surface area contributed by atoms with Crippen molar-refractivity contribution < 1.29 is 24.9 Å². The first kappa shape index (κ1) is 17.1. The molecule has 0 radical (unpaired) electrons. The summed E-state index contributed by atoms with van der Waals surface area (Å²) >= 11 is 0. The lowest BCUT2D eigenvalue weighted by Crippen LogP contribution is -3.10. The quantitative estimate of drug-likeness (QED) is 0.482. The third kappa shape index (κ3) is 6.37. The Bertz CT molecular complexity index is 489. The maximum Gasteiger partial charge on any atom is 0.230 e. The van der Waals surface area contributed by atoms with Crippen LogP contribution < -0.4 is 20.6 Å². The largest absolute Gasteiger partial charge is 0.544 e. The number of hydrogen-bond donors (Lipinski definition) is 3. The molecule has 0 heterocycles. The number of amides is 1. The second-order valence-electron chi connectivity index (χ2n) is 5.47. The van der Waals surface area contributed by atoms with Gasteiger partial charge in [0.05, 0.1) is 26.5 Å². The highest BCUT2D eigenvalue weighted by Gasteiger charge is 2.18. The molecule has 21 heavy (non-hydrogen) atoms. The lowest BCUT2D eigenvalue weighted by molar-refractivity contribution is -0.876. The average Bonchev–Trinajstić information content (AvgIpc) is 2.39. The summed E-state index contributed by atoms with van der Waals surface area (Å²) in [6, 6.07) is 6.53. The Morgan fingerprint density at radius 3 is 2.57 bits per heavy atom. The van der Waals surface area contributed by atoms with Crippen molar-refractivity contribution in [3.63, 3.8) is 0 Å². The number of hydrogen-bond acceptors (Lipinski definition) is 3. The molecule has 1 rings (SSSR count). The van der Waals surface area contributed by atoms with Crippen molar-refractivity contribution in [2.45, 2.75) is 19.4 Å². The van der Waals surface area contributed by atoms with Crippen LogP contribution >= 0.6 is 0 Å². The van der Waals surface area contributed by atoms with Gasteiger partial charge in [-0.25, -0.2) is 0 Å². The summed E-state index contributed by atoms with van der Waals surface area (Å²) in [4.78, 5) is 24.3. The molecular formula is C15H24N3O3+. The molecule has 0 bridgehead atoms. The first-order valence-electron chi connectivity index (χ1n) is 7.09. The van der Waals surface area contributed by atoms with Gasteiger partial charge in [-0.15, -0.1) is 0 Å². The Labute approximate surface area is 125 Å². The molecular weight excluding hydrogens is 270 g/mol. The van der Waals surface area contributed by atoms with Gasteiger partial charge < -0.3 is 25.4 Å². The number of rotatable bonds is 8. The number of likely N-dealkylation sites (N-methyl/N-ethyl adjacent to an activating group) is 1. The molecule has 1 amide bonds. The fourth-order valence-electron chi connectivity index (χ4n) is 1.95. The fourth-order valence-corrected chi connectivity index (χ4v) is 1.95. The maximum atomic E-state index is 11.9. The van der Waals surface area contributed by atoms with Crippen molar-refractivity contribution in [3.05, 3.63) is 29.8 Å². The zero-order valence-corrected chi connectivity index (χ0v) is 12.8. The highest BCUT2D eigenvalue weighted by atomic mass is 16.4. The van der Waals surface area contributed by atoms with E-state index in [0.717, 1.165) is 12.1 Å². The van der Waals surface area contributed by atoms with Gasteiger partial charge in [0, 0.05) is 5.69 Å². The Morgan fingerprint density at radius 2 is 2.00 bits per heavy atom. The van der Waals surface area contributed by atoms with E-state index >= 15 is 0 Å². The van der Waals surface area contributed by atoms with E-state index in [1.807, 2.05) is 39.2 Å². The summed E-state index contributed by atoms with van der Waals surface area (Å²) in [5, 5.41) is 15.5. The smallest absolute Gasteiger partial charge is 0.230 e. The number of carboxylic acids is 1. The predicted molar refractivity (Wildman–Crippen MR) is 77.7 cm³/mol. The number of aliphatic carboxylic acids is 1. The molecule has 0 unspecified atom stereocenters. The number of carboxylic acid groups (broad SMARTS) is 1. The number of quaternary nitrogens is 2. The van der Waals surface area contributed by atoms with Crippen LogP contribution in [0.5, 0.6) is 0 Å². The summed E-state index contributed by atoms with van der Waals surface area (Å²) in [6.45, 7) is 3.35. The molecule has 116 valence electrons. The van der Waals surface area contributed by atoms with Gasteiger partial charge in [-0.2, -0.15) is 0 Å². The van der Waals surface area contributed by atoms with Crippen LogP contribution in [0.3, 0.4) is 0 Å². The Kier molecular flexibility index (Phi) is 6.84. The molecule has 6 nitrogen and oxygen atoms in total. The topological polar surface area (TPSA) is 90.3 Å². The predicted octanol–water partition coefficient (Wildman–Crippen LogP) is -2.85. The number of benzene rings is 1. The first-order chi connectivity index (χ1) is 9.90. The molecule has 1 aromatic rings. The number of nitrogens with two attached hydrogens (primary N) is 1. The number of para-hydroxylation sites is 1. The van der Waals surface area contributed by atoms with Crippen LogP contribution in [0.2, 0.25) is 0 Å². The van der Waals surface area contributed by atoms with Crippen molar-refractivity contribution >= 4 is 17.6 Å². The average molecular weight is 294 g/mol. The summed E-state index contributed by atoms with van der Waals surface area (Å²) in [5.74, 6) is -1.52. The van der Waals surface area contributed by atoms with E-state index < -0.39 is 12.0 Å². The van der Waals surface area contributed by atoms with Gasteiger partial charge >= 0.3 is 0 Å². The zero-order valence-electron chi connectivity index (χ0n) is 12.8. The number of nitrogens with one attached hydrogen (secondary N) is 2. The lowest BCUT2D eigenvalue weighted by atomic mass is 10.1. The monoisotopic (exact) mass is 294 g/mol. The van der Waals surface area contributed by atoms with Crippen LogP contribution in [0, 0.1) is 6.92 Å². The SMILES string of the molecule is Cc1ccccc1NC(=O)C[C@H]([NH2+]CC[NH+](C)C)C(=O)[O-].